The van der Waals surface area contributed by atoms with E-state index < -0.39 is 0 Å². The minimum atomic E-state index is 0. The van der Waals surface area contributed by atoms with Crippen molar-refractivity contribution in [1.82, 2.24) is 10.6 Å². The Hall–Kier alpha value is -0.360. The maximum atomic E-state index is 11.4. The maximum Gasteiger partial charge on any atom is 0.234 e. The molecule has 0 unspecified atom stereocenters. The molecule has 6 heteroatoms. The number of ether oxygens (including phenoxy) is 2. The van der Waals surface area contributed by atoms with Gasteiger partial charge in [-0.2, -0.15) is 0 Å². The second-order valence-electron chi connectivity index (χ2n) is 4.65. The number of halogens is 1. The molecule has 114 valence electrons. The van der Waals surface area contributed by atoms with Crippen molar-refractivity contribution in [3.8, 4) is 0 Å². The molecule has 0 heterocycles. The van der Waals surface area contributed by atoms with E-state index in [2.05, 4.69) is 10.6 Å². The van der Waals surface area contributed by atoms with E-state index in [1.165, 1.54) is 32.1 Å². The minimum absolute atomic E-state index is 0. The molecular formula is C13H27ClN2O3. The van der Waals surface area contributed by atoms with Crippen LogP contribution in [0.1, 0.15) is 32.1 Å². The van der Waals surface area contributed by atoms with Crippen LogP contribution in [0.3, 0.4) is 0 Å². The van der Waals surface area contributed by atoms with Crippen LogP contribution < -0.4 is 10.6 Å². The number of carbonyl (C=O) groups is 1. The molecule has 0 spiro atoms. The normalized spacial score (nSPS) is 15.8. The van der Waals surface area contributed by atoms with Gasteiger partial charge in [-0.1, -0.05) is 19.3 Å². The molecule has 5 nitrogen and oxygen atoms in total. The topological polar surface area (TPSA) is 59.6 Å². The molecular weight excluding hydrogens is 268 g/mol. The van der Waals surface area contributed by atoms with Crippen molar-refractivity contribution in [1.29, 1.82) is 0 Å². The van der Waals surface area contributed by atoms with E-state index in [0.29, 0.717) is 39.0 Å². The summed E-state index contributed by atoms with van der Waals surface area (Å²) in [6.07, 6.45) is 6.65. The van der Waals surface area contributed by atoms with Crippen LogP contribution >= 0.6 is 12.4 Å². The Morgan fingerprint density at radius 2 is 1.89 bits per heavy atom. The van der Waals surface area contributed by atoms with Gasteiger partial charge in [-0.3, -0.25) is 4.79 Å². The van der Waals surface area contributed by atoms with Gasteiger partial charge in [0.05, 0.1) is 25.9 Å². The molecule has 0 saturated heterocycles. The summed E-state index contributed by atoms with van der Waals surface area (Å²) in [5.74, 6) is 0.0124. The van der Waals surface area contributed by atoms with Crippen molar-refractivity contribution < 1.29 is 14.3 Å². The molecule has 0 radical (unpaired) electrons. The van der Waals surface area contributed by atoms with Gasteiger partial charge in [-0.25, -0.2) is 0 Å². The van der Waals surface area contributed by atoms with E-state index in [1.807, 2.05) is 0 Å². The van der Waals surface area contributed by atoms with E-state index in [9.17, 15) is 4.79 Å². The van der Waals surface area contributed by atoms with Gasteiger partial charge in [0.1, 0.15) is 0 Å². The standard InChI is InChI=1S/C13H26N2O3.ClH/c1-17-9-7-14-11-13(16)15-8-10-18-12-5-3-2-4-6-12;/h12,14H,2-11H2,1H3,(H,15,16);1H. The zero-order chi connectivity index (χ0) is 13.1. The predicted octanol–water partition coefficient (Wildman–Crippen LogP) is 1.11. The van der Waals surface area contributed by atoms with Gasteiger partial charge >= 0.3 is 0 Å². The smallest absolute Gasteiger partial charge is 0.234 e. The fourth-order valence-corrected chi connectivity index (χ4v) is 2.09. The number of rotatable bonds is 9. The van der Waals surface area contributed by atoms with Gasteiger partial charge < -0.3 is 20.1 Å². The monoisotopic (exact) mass is 294 g/mol. The van der Waals surface area contributed by atoms with Crippen LogP contribution in [0.5, 0.6) is 0 Å². The van der Waals surface area contributed by atoms with Crippen molar-refractivity contribution >= 4 is 18.3 Å². The van der Waals surface area contributed by atoms with Crippen LogP contribution in [0.2, 0.25) is 0 Å². The molecule has 1 saturated carbocycles. The zero-order valence-corrected chi connectivity index (χ0v) is 12.6. The van der Waals surface area contributed by atoms with Crippen molar-refractivity contribution in [3.63, 3.8) is 0 Å². The molecule has 1 rings (SSSR count). The lowest BCUT2D eigenvalue weighted by molar-refractivity contribution is -0.120. The third-order valence-corrected chi connectivity index (χ3v) is 3.10. The highest BCUT2D eigenvalue weighted by atomic mass is 35.5. The van der Waals surface area contributed by atoms with E-state index >= 15 is 0 Å². The average molecular weight is 295 g/mol. The second kappa shape index (κ2) is 12.7. The first-order valence-corrected chi connectivity index (χ1v) is 6.91. The van der Waals surface area contributed by atoms with Gasteiger partial charge in [0.25, 0.3) is 0 Å². The van der Waals surface area contributed by atoms with Gasteiger partial charge in [-0.15, -0.1) is 12.4 Å². The van der Waals surface area contributed by atoms with Crippen LogP contribution in [0, 0.1) is 0 Å². The van der Waals surface area contributed by atoms with Gasteiger partial charge in [0.15, 0.2) is 0 Å². The molecule has 0 aromatic heterocycles. The molecule has 0 aromatic rings. The third-order valence-electron chi connectivity index (χ3n) is 3.10. The third kappa shape index (κ3) is 10.1. The van der Waals surface area contributed by atoms with E-state index in [4.69, 9.17) is 9.47 Å². The summed E-state index contributed by atoms with van der Waals surface area (Å²) < 4.78 is 10.6. The number of hydrogen-bond donors (Lipinski definition) is 2. The Morgan fingerprint density at radius 1 is 1.16 bits per heavy atom. The summed E-state index contributed by atoms with van der Waals surface area (Å²) in [5, 5.41) is 5.83. The van der Waals surface area contributed by atoms with E-state index in [0.717, 1.165) is 0 Å². The van der Waals surface area contributed by atoms with E-state index in [1.54, 1.807) is 7.11 Å². The quantitative estimate of drug-likeness (QED) is 0.626. The number of methoxy groups -OCH3 is 1. The first-order valence-electron chi connectivity index (χ1n) is 6.91. The summed E-state index contributed by atoms with van der Waals surface area (Å²) in [7, 11) is 1.64. The number of amides is 1. The first-order chi connectivity index (χ1) is 8.83. The predicted molar refractivity (Wildman–Crippen MR) is 77.8 cm³/mol. The lowest BCUT2D eigenvalue weighted by Gasteiger charge is -2.22. The summed E-state index contributed by atoms with van der Waals surface area (Å²) in [4.78, 5) is 11.4. The molecule has 2 N–H and O–H groups in total. The fourth-order valence-electron chi connectivity index (χ4n) is 2.09. The Bertz CT molecular complexity index is 224. The lowest BCUT2D eigenvalue weighted by atomic mass is 9.98. The lowest BCUT2D eigenvalue weighted by Crippen LogP contribution is -2.37. The highest BCUT2D eigenvalue weighted by molar-refractivity contribution is 5.85. The Balaban J connectivity index is 0.00000324. The molecule has 0 aliphatic heterocycles. The largest absolute Gasteiger partial charge is 0.383 e. The van der Waals surface area contributed by atoms with Crippen LogP contribution in [-0.4, -0.2) is 52.0 Å². The highest BCUT2D eigenvalue weighted by Crippen LogP contribution is 2.19. The zero-order valence-electron chi connectivity index (χ0n) is 11.8. The van der Waals surface area contributed by atoms with Gasteiger partial charge in [-0.05, 0) is 12.8 Å². The molecule has 0 bridgehead atoms. The van der Waals surface area contributed by atoms with Crippen molar-refractivity contribution in [2.75, 3.05) is 40.0 Å². The maximum absolute atomic E-state index is 11.4. The van der Waals surface area contributed by atoms with Crippen LogP contribution in [-0.2, 0) is 14.3 Å². The highest BCUT2D eigenvalue weighted by Gasteiger charge is 2.13. The average Bonchev–Trinajstić information content (AvgIpc) is 2.41. The summed E-state index contributed by atoms with van der Waals surface area (Å²) in [5.41, 5.74) is 0. The van der Waals surface area contributed by atoms with Crippen LogP contribution in [0.25, 0.3) is 0 Å². The Morgan fingerprint density at radius 3 is 2.58 bits per heavy atom. The van der Waals surface area contributed by atoms with Crippen molar-refractivity contribution in [2.45, 2.75) is 38.2 Å². The first kappa shape index (κ1) is 18.6. The van der Waals surface area contributed by atoms with Crippen molar-refractivity contribution in [2.24, 2.45) is 0 Å². The minimum Gasteiger partial charge on any atom is -0.383 e. The van der Waals surface area contributed by atoms with Gasteiger partial charge in [0.2, 0.25) is 5.91 Å². The molecule has 0 aromatic carbocycles. The van der Waals surface area contributed by atoms with Crippen molar-refractivity contribution in [3.05, 3.63) is 0 Å². The molecule has 1 amide bonds. The van der Waals surface area contributed by atoms with Gasteiger partial charge in [0, 0.05) is 20.2 Å². The molecule has 0 atom stereocenters. The SMILES string of the molecule is COCCNCC(=O)NCCOC1CCCCC1.Cl. The Kier molecular flexibility index (Phi) is 12.4. The Labute approximate surface area is 122 Å². The molecule has 1 aliphatic rings. The van der Waals surface area contributed by atoms with Crippen LogP contribution in [0.4, 0.5) is 0 Å². The summed E-state index contributed by atoms with van der Waals surface area (Å²) in [6, 6.07) is 0. The number of carbonyl (C=O) groups excluding carboxylic acids is 1. The summed E-state index contributed by atoms with van der Waals surface area (Å²) >= 11 is 0. The molecule has 19 heavy (non-hydrogen) atoms. The van der Waals surface area contributed by atoms with Crippen LogP contribution in [0.15, 0.2) is 0 Å². The second-order valence-corrected chi connectivity index (χ2v) is 4.65. The number of nitrogens with one attached hydrogen (secondary N) is 2. The fraction of sp³-hybridized carbons (Fsp3) is 0.923. The molecule has 1 aliphatic carbocycles. The van der Waals surface area contributed by atoms with E-state index in [-0.39, 0.29) is 18.3 Å². The molecule has 1 fully saturated rings. The number of hydrogen-bond acceptors (Lipinski definition) is 4. The summed E-state index contributed by atoms with van der Waals surface area (Å²) in [6.45, 7) is 2.88.